The van der Waals surface area contributed by atoms with Gasteiger partial charge in [-0.3, -0.25) is 0 Å². The zero-order valence-corrected chi connectivity index (χ0v) is 18.1. The predicted octanol–water partition coefficient (Wildman–Crippen LogP) is 8.49. The van der Waals surface area contributed by atoms with Gasteiger partial charge in [-0.2, -0.15) is 0 Å². The van der Waals surface area contributed by atoms with Gasteiger partial charge in [0.1, 0.15) is 0 Å². The highest BCUT2D eigenvalue weighted by atomic mass is 14.4. The van der Waals surface area contributed by atoms with Crippen molar-refractivity contribution in [2.24, 2.45) is 0 Å². The van der Waals surface area contributed by atoms with E-state index in [4.69, 9.17) is 0 Å². The fourth-order valence-electron chi connectivity index (χ4n) is 5.35. The third-order valence-corrected chi connectivity index (χ3v) is 6.76. The molecule has 6 rings (SSSR count). The summed E-state index contributed by atoms with van der Waals surface area (Å²) < 4.78 is 0. The molecule has 0 saturated carbocycles. The van der Waals surface area contributed by atoms with Crippen molar-refractivity contribution in [2.75, 3.05) is 0 Å². The molecule has 0 saturated heterocycles. The second-order valence-corrected chi connectivity index (χ2v) is 8.55. The summed E-state index contributed by atoms with van der Waals surface area (Å²) in [6, 6.07) is 44.0. The zero-order chi connectivity index (χ0) is 21.5. The highest BCUT2D eigenvalue weighted by molar-refractivity contribution is 5.94. The smallest absolute Gasteiger partial charge is 0.0358 e. The van der Waals surface area contributed by atoms with Crippen LogP contribution in [0.2, 0.25) is 0 Å². The maximum Gasteiger partial charge on any atom is 0.0358 e. The van der Waals surface area contributed by atoms with Gasteiger partial charge >= 0.3 is 0 Å². The lowest BCUT2D eigenvalue weighted by Crippen LogP contribution is -2.02. The van der Waals surface area contributed by atoms with E-state index in [1.807, 2.05) is 0 Å². The van der Waals surface area contributed by atoms with Gasteiger partial charge in [-0.25, -0.2) is 0 Å². The Balaban J connectivity index is 1.74. The molecule has 0 bridgehead atoms. The van der Waals surface area contributed by atoms with Gasteiger partial charge in [0, 0.05) is 5.92 Å². The fourth-order valence-corrected chi connectivity index (χ4v) is 5.35. The lowest BCUT2D eigenvalue weighted by Gasteiger charge is -2.21. The van der Waals surface area contributed by atoms with E-state index in [0.29, 0.717) is 0 Å². The van der Waals surface area contributed by atoms with Crippen molar-refractivity contribution in [2.45, 2.75) is 12.8 Å². The van der Waals surface area contributed by atoms with Crippen LogP contribution in [0, 0.1) is 6.92 Å². The summed E-state index contributed by atoms with van der Waals surface area (Å²) in [7, 11) is 0. The molecule has 0 fully saturated rings. The third-order valence-electron chi connectivity index (χ3n) is 6.76. The van der Waals surface area contributed by atoms with Crippen molar-refractivity contribution >= 4 is 0 Å². The molecular formula is C32H24. The molecule has 1 aliphatic carbocycles. The predicted molar refractivity (Wildman–Crippen MR) is 135 cm³/mol. The Bertz CT molecular complexity index is 1400. The normalized spacial score (nSPS) is 14.1. The van der Waals surface area contributed by atoms with E-state index in [2.05, 4.69) is 128 Å². The first-order valence-electron chi connectivity index (χ1n) is 11.3. The second-order valence-electron chi connectivity index (χ2n) is 8.55. The van der Waals surface area contributed by atoms with Crippen LogP contribution in [0.3, 0.4) is 0 Å². The van der Waals surface area contributed by atoms with Crippen LogP contribution in [0.25, 0.3) is 33.4 Å². The molecule has 0 aliphatic heterocycles. The second kappa shape index (κ2) is 7.66. The standard InChI is InChI=1S/C32H24/c1-22-28(23-13-5-2-6-14-23)21-29(24-15-7-3-8-16-24)32-30(22)26-19-11-12-20-27(26)31(32)25-17-9-4-10-18-25/h2-21,31H,1H3/t31-/m0/s1. The van der Waals surface area contributed by atoms with E-state index in [0.717, 1.165) is 0 Å². The van der Waals surface area contributed by atoms with Crippen LogP contribution in [-0.2, 0) is 0 Å². The molecule has 0 nitrogen and oxygen atoms in total. The topological polar surface area (TPSA) is 0 Å². The van der Waals surface area contributed by atoms with Gasteiger partial charge in [-0.1, -0.05) is 115 Å². The number of rotatable bonds is 3. The molecule has 1 aliphatic rings. The van der Waals surface area contributed by atoms with E-state index in [9.17, 15) is 0 Å². The molecule has 5 aromatic rings. The molecule has 0 spiro atoms. The van der Waals surface area contributed by atoms with Crippen LogP contribution >= 0.6 is 0 Å². The minimum Gasteiger partial charge on any atom is -0.0622 e. The molecule has 32 heavy (non-hydrogen) atoms. The Kier molecular flexibility index (Phi) is 4.51. The average Bonchev–Trinajstić information content (AvgIpc) is 3.22. The number of hydrogen-bond acceptors (Lipinski definition) is 0. The van der Waals surface area contributed by atoms with Gasteiger partial charge in [0.05, 0.1) is 0 Å². The highest BCUT2D eigenvalue weighted by Crippen LogP contribution is 2.54. The molecular weight excluding hydrogens is 384 g/mol. The molecule has 0 heteroatoms. The molecule has 0 unspecified atom stereocenters. The summed E-state index contributed by atoms with van der Waals surface area (Å²) in [5.74, 6) is 0.237. The van der Waals surface area contributed by atoms with E-state index in [-0.39, 0.29) is 5.92 Å². The summed E-state index contributed by atoms with van der Waals surface area (Å²) in [6.07, 6.45) is 0. The molecule has 152 valence electrons. The summed E-state index contributed by atoms with van der Waals surface area (Å²) in [4.78, 5) is 0. The summed E-state index contributed by atoms with van der Waals surface area (Å²) in [5.41, 5.74) is 13.5. The molecule has 0 radical (unpaired) electrons. The van der Waals surface area contributed by atoms with Crippen molar-refractivity contribution in [3.05, 3.63) is 144 Å². The molecule has 0 heterocycles. The maximum atomic E-state index is 2.42. The number of benzene rings is 5. The van der Waals surface area contributed by atoms with Gasteiger partial charge in [0.15, 0.2) is 0 Å². The Morgan fingerprint density at radius 3 is 1.69 bits per heavy atom. The first-order valence-corrected chi connectivity index (χ1v) is 11.3. The van der Waals surface area contributed by atoms with Gasteiger partial charge in [0.25, 0.3) is 0 Å². The van der Waals surface area contributed by atoms with Crippen LogP contribution < -0.4 is 0 Å². The summed E-state index contributed by atoms with van der Waals surface area (Å²) in [5, 5.41) is 0. The van der Waals surface area contributed by atoms with E-state index in [1.54, 1.807) is 0 Å². The molecule has 1 atom stereocenters. The van der Waals surface area contributed by atoms with Crippen molar-refractivity contribution < 1.29 is 0 Å². The van der Waals surface area contributed by atoms with Crippen molar-refractivity contribution in [3.8, 4) is 33.4 Å². The van der Waals surface area contributed by atoms with Crippen LogP contribution in [-0.4, -0.2) is 0 Å². The lowest BCUT2D eigenvalue weighted by molar-refractivity contribution is 1.02. The van der Waals surface area contributed by atoms with Gasteiger partial charge in [-0.15, -0.1) is 0 Å². The van der Waals surface area contributed by atoms with E-state index in [1.165, 1.54) is 55.6 Å². The van der Waals surface area contributed by atoms with E-state index < -0.39 is 0 Å². The highest BCUT2D eigenvalue weighted by Gasteiger charge is 2.34. The van der Waals surface area contributed by atoms with Gasteiger partial charge in [-0.05, 0) is 68.6 Å². The first-order chi connectivity index (χ1) is 15.8. The van der Waals surface area contributed by atoms with Crippen LogP contribution in [0.15, 0.2) is 121 Å². The zero-order valence-electron chi connectivity index (χ0n) is 18.1. The lowest BCUT2D eigenvalue weighted by atomic mass is 9.82. The minimum atomic E-state index is 0.237. The van der Waals surface area contributed by atoms with Crippen LogP contribution in [0.1, 0.15) is 28.2 Å². The minimum absolute atomic E-state index is 0.237. The van der Waals surface area contributed by atoms with Crippen LogP contribution in [0.5, 0.6) is 0 Å². The monoisotopic (exact) mass is 408 g/mol. The van der Waals surface area contributed by atoms with Gasteiger partial charge in [0.2, 0.25) is 0 Å². The Morgan fingerprint density at radius 2 is 1.03 bits per heavy atom. The van der Waals surface area contributed by atoms with Crippen molar-refractivity contribution in [3.63, 3.8) is 0 Å². The number of hydrogen-bond donors (Lipinski definition) is 0. The molecule has 0 amide bonds. The fraction of sp³-hybridized carbons (Fsp3) is 0.0625. The van der Waals surface area contributed by atoms with Crippen molar-refractivity contribution in [1.82, 2.24) is 0 Å². The van der Waals surface area contributed by atoms with Crippen molar-refractivity contribution in [1.29, 1.82) is 0 Å². The SMILES string of the molecule is Cc1c(-c2ccccc2)cc(-c2ccccc2)c2c1-c1ccccc1[C@@H]2c1ccccc1. The van der Waals surface area contributed by atoms with Gasteiger partial charge < -0.3 is 0 Å². The number of fused-ring (bicyclic) bond motifs is 3. The summed E-state index contributed by atoms with van der Waals surface area (Å²) in [6.45, 7) is 2.29. The molecule has 0 N–H and O–H groups in total. The third kappa shape index (κ3) is 2.92. The van der Waals surface area contributed by atoms with Crippen LogP contribution in [0.4, 0.5) is 0 Å². The summed E-state index contributed by atoms with van der Waals surface area (Å²) >= 11 is 0. The van der Waals surface area contributed by atoms with E-state index >= 15 is 0 Å². The quantitative estimate of drug-likeness (QED) is 0.275. The average molecular weight is 409 g/mol. The molecule has 5 aromatic carbocycles. The Hall–Kier alpha value is -3.90. The molecule has 0 aromatic heterocycles. The Labute approximate surface area is 189 Å². The first kappa shape index (κ1) is 18.8. The Morgan fingerprint density at radius 1 is 0.500 bits per heavy atom. The largest absolute Gasteiger partial charge is 0.0622 e. The maximum absolute atomic E-state index is 2.42.